The number of aromatic nitrogens is 3. The first-order valence-corrected chi connectivity index (χ1v) is 8.43. The smallest absolute Gasteiger partial charge is 0.169 e. The molecule has 0 spiro atoms. The summed E-state index contributed by atoms with van der Waals surface area (Å²) < 4.78 is 8.65. The number of aryl methyl sites for hydroxylation is 1. The van der Waals surface area contributed by atoms with Crippen LogP contribution in [0.4, 0.5) is 0 Å². The average Bonchev–Trinajstić information content (AvgIpc) is 3.09. The molecule has 3 rings (SSSR count). The third-order valence-corrected chi connectivity index (χ3v) is 4.44. The lowest BCUT2D eigenvalue weighted by Crippen LogP contribution is -2.34. The van der Waals surface area contributed by atoms with Gasteiger partial charge in [0.15, 0.2) is 4.67 Å². The first-order valence-electron chi connectivity index (χ1n) is 7.64. The summed E-state index contributed by atoms with van der Waals surface area (Å²) in [6.07, 6.45) is 6.59. The fourth-order valence-electron chi connectivity index (χ4n) is 3.04. The van der Waals surface area contributed by atoms with Gasteiger partial charge in [-0.15, -0.1) is 10.2 Å². The van der Waals surface area contributed by atoms with Gasteiger partial charge in [0.05, 0.1) is 12.6 Å². The Balaban J connectivity index is 1.79. The van der Waals surface area contributed by atoms with Crippen LogP contribution in [0.15, 0.2) is 27.5 Å². The van der Waals surface area contributed by atoms with Crippen LogP contribution in [0, 0.1) is 0 Å². The van der Waals surface area contributed by atoms with Gasteiger partial charge in [0.25, 0.3) is 0 Å². The van der Waals surface area contributed by atoms with E-state index < -0.39 is 0 Å². The van der Waals surface area contributed by atoms with Crippen molar-refractivity contribution in [1.29, 1.82) is 0 Å². The molecular weight excluding hydrogens is 332 g/mol. The maximum atomic E-state index is 5.66. The predicted molar refractivity (Wildman–Crippen MR) is 83.7 cm³/mol. The molecule has 1 unspecified atom stereocenters. The highest BCUT2D eigenvalue weighted by molar-refractivity contribution is 9.10. The molecule has 0 saturated carbocycles. The molecule has 3 heterocycles. The summed E-state index contributed by atoms with van der Waals surface area (Å²) in [6, 6.07) is 4.33. The van der Waals surface area contributed by atoms with Gasteiger partial charge in [0, 0.05) is 6.54 Å². The van der Waals surface area contributed by atoms with E-state index in [1.54, 1.807) is 0 Å². The monoisotopic (exact) mass is 352 g/mol. The molecule has 5 nitrogen and oxygen atoms in total. The molecule has 1 aliphatic rings. The second-order valence-corrected chi connectivity index (χ2v) is 6.35. The van der Waals surface area contributed by atoms with E-state index in [-0.39, 0.29) is 0 Å². The molecule has 6 heteroatoms. The van der Waals surface area contributed by atoms with Crippen LogP contribution in [0.5, 0.6) is 0 Å². The van der Waals surface area contributed by atoms with E-state index in [1.807, 2.05) is 18.5 Å². The number of likely N-dealkylation sites (tertiary alicyclic amines) is 1. The first kappa shape index (κ1) is 14.8. The molecule has 0 radical (unpaired) electrons. The third kappa shape index (κ3) is 3.37. The van der Waals surface area contributed by atoms with Crippen LogP contribution in [-0.4, -0.2) is 26.2 Å². The molecule has 2 aromatic heterocycles. The summed E-state index contributed by atoms with van der Waals surface area (Å²) >= 11 is 3.37. The third-order valence-electron chi connectivity index (χ3n) is 4.01. The maximum Gasteiger partial charge on any atom is 0.169 e. The van der Waals surface area contributed by atoms with Gasteiger partial charge in [0.2, 0.25) is 0 Å². The van der Waals surface area contributed by atoms with E-state index in [4.69, 9.17) is 4.42 Å². The van der Waals surface area contributed by atoms with Crippen molar-refractivity contribution in [2.75, 3.05) is 6.54 Å². The molecule has 0 aliphatic carbocycles. The second kappa shape index (κ2) is 6.75. The van der Waals surface area contributed by atoms with Crippen molar-refractivity contribution in [3.8, 4) is 0 Å². The van der Waals surface area contributed by atoms with Gasteiger partial charge in [-0.3, -0.25) is 4.90 Å². The number of piperidine rings is 1. The minimum Gasteiger partial charge on any atom is -0.453 e. The zero-order valence-corrected chi connectivity index (χ0v) is 13.9. The van der Waals surface area contributed by atoms with E-state index in [9.17, 15) is 0 Å². The summed E-state index contributed by atoms with van der Waals surface area (Å²) in [7, 11) is 0. The Morgan fingerprint density at radius 3 is 3.05 bits per heavy atom. The molecule has 0 bridgehead atoms. The first-order chi connectivity index (χ1) is 10.3. The number of halogens is 1. The van der Waals surface area contributed by atoms with Gasteiger partial charge < -0.3 is 8.98 Å². The van der Waals surface area contributed by atoms with E-state index in [0.717, 1.165) is 48.7 Å². The highest BCUT2D eigenvalue weighted by Gasteiger charge is 2.28. The zero-order valence-electron chi connectivity index (χ0n) is 12.3. The van der Waals surface area contributed by atoms with Crippen molar-refractivity contribution in [3.05, 3.63) is 34.7 Å². The maximum absolute atomic E-state index is 5.66. The van der Waals surface area contributed by atoms with Gasteiger partial charge in [-0.2, -0.15) is 0 Å². The van der Waals surface area contributed by atoms with Crippen LogP contribution in [0.2, 0.25) is 0 Å². The molecule has 0 aromatic carbocycles. The van der Waals surface area contributed by atoms with Crippen LogP contribution in [0.1, 0.15) is 50.2 Å². The summed E-state index contributed by atoms with van der Waals surface area (Å²) in [4.78, 5) is 2.46. The molecule has 114 valence electrons. The Hall–Kier alpha value is -1.14. The number of rotatable bonds is 5. The fraction of sp³-hybridized carbons (Fsp3) is 0.600. The lowest BCUT2D eigenvalue weighted by molar-refractivity contribution is 0.120. The normalized spacial score (nSPS) is 20.0. The molecule has 1 fully saturated rings. The van der Waals surface area contributed by atoms with Crippen LogP contribution in [-0.2, 0) is 13.1 Å². The molecule has 2 aromatic rings. The quantitative estimate of drug-likeness (QED) is 0.821. The molecular formula is C15H21BrN4O. The van der Waals surface area contributed by atoms with Crippen molar-refractivity contribution >= 4 is 15.9 Å². The van der Waals surface area contributed by atoms with Gasteiger partial charge in [-0.25, -0.2) is 0 Å². The van der Waals surface area contributed by atoms with Gasteiger partial charge in [0.1, 0.15) is 17.9 Å². The fourth-order valence-corrected chi connectivity index (χ4v) is 3.38. The topological polar surface area (TPSA) is 47.1 Å². The van der Waals surface area contributed by atoms with Crippen molar-refractivity contribution in [1.82, 2.24) is 19.7 Å². The SMILES string of the molecule is CCCn1cnnc1C1CCCCN1Cc1ccc(Br)o1. The Labute approximate surface area is 133 Å². The molecule has 1 saturated heterocycles. The molecule has 1 aliphatic heterocycles. The van der Waals surface area contributed by atoms with E-state index in [0.29, 0.717) is 6.04 Å². The van der Waals surface area contributed by atoms with Gasteiger partial charge >= 0.3 is 0 Å². The predicted octanol–water partition coefficient (Wildman–Crippen LogP) is 3.77. The van der Waals surface area contributed by atoms with Gasteiger partial charge in [-0.05, 0) is 53.9 Å². The van der Waals surface area contributed by atoms with Crippen LogP contribution in [0.3, 0.4) is 0 Å². The number of hydrogen-bond acceptors (Lipinski definition) is 4. The molecule has 21 heavy (non-hydrogen) atoms. The molecule has 1 atom stereocenters. The van der Waals surface area contributed by atoms with E-state index in [1.165, 1.54) is 12.8 Å². The summed E-state index contributed by atoms with van der Waals surface area (Å²) in [5.74, 6) is 2.09. The highest BCUT2D eigenvalue weighted by atomic mass is 79.9. The van der Waals surface area contributed by atoms with E-state index >= 15 is 0 Å². The van der Waals surface area contributed by atoms with Gasteiger partial charge in [-0.1, -0.05) is 13.3 Å². The highest BCUT2D eigenvalue weighted by Crippen LogP contribution is 2.31. The molecule has 0 amide bonds. The number of furan rings is 1. The summed E-state index contributed by atoms with van der Waals surface area (Å²) in [5, 5.41) is 8.50. The minimum atomic E-state index is 0.344. The minimum absolute atomic E-state index is 0.344. The second-order valence-electron chi connectivity index (χ2n) is 5.57. The Morgan fingerprint density at radius 1 is 1.38 bits per heavy atom. The lowest BCUT2D eigenvalue weighted by Gasteiger charge is -2.34. The number of nitrogens with zero attached hydrogens (tertiary/aromatic N) is 4. The van der Waals surface area contributed by atoms with Crippen molar-refractivity contribution in [2.45, 2.75) is 51.7 Å². The summed E-state index contributed by atoms with van der Waals surface area (Å²) in [6.45, 7) is 5.08. The van der Waals surface area contributed by atoms with Crippen molar-refractivity contribution in [2.24, 2.45) is 0 Å². The average molecular weight is 353 g/mol. The standard InChI is InChI=1S/C15H21BrN4O/c1-2-8-20-11-17-18-15(20)13-5-3-4-9-19(13)10-12-6-7-14(16)21-12/h6-7,11,13H,2-5,8-10H2,1H3. The number of hydrogen-bond donors (Lipinski definition) is 0. The van der Waals surface area contributed by atoms with Crippen molar-refractivity contribution < 1.29 is 4.42 Å². The van der Waals surface area contributed by atoms with Crippen LogP contribution >= 0.6 is 15.9 Å². The summed E-state index contributed by atoms with van der Waals surface area (Å²) in [5.41, 5.74) is 0. The Bertz CT molecular complexity index is 580. The zero-order chi connectivity index (χ0) is 14.7. The van der Waals surface area contributed by atoms with Crippen LogP contribution < -0.4 is 0 Å². The van der Waals surface area contributed by atoms with E-state index in [2.05, 4.69) is 42.5 Å². The Morgan fingerprint density at radius 2 is 2.29 bits per heavy atom. The van der Waals surface area contributed by atoms with Crippen LogP contribution in [0.25, 0.3) is 0 Å². The Kier molecular flexibility index (Phi) is 4.75. The largest absolute Gasteiger partial charge is 0.453 e. The molecule has 0 N–H and O–H groups in total. The lowest BCUT2D eigenvalue weighted by atomic mass is 10.0. The van der Waals surface area contributed by atoms with Crippen molar-refractivity contribution in [3.63, 3.8) is 0 Å².